The van der Waals surface area contributed by atoms with Crippen molar-refractivity contribution < 1.29 is 9.53 Å². The second kappa shape index (κ2) is 4.00. The number of carbonyl (C=O) groups is 1. The minimum atomic E-state index is -0.622. The first-order valence-corrected chi connectivity index (χ1v) is 4.36. The number of aromatic amines is 1. The van der Waals surface area contributed by atoms with E-state index in [-0.39, 0.29) is 17.0 Å². The van der Waals surface area contributed by atoms with Gasteiger partial charge in [-0.3, -0.25) is 0 Å². The summed E-state index contributed by atoms with van der Waals surface area (Å²) in [5.41, 5.74) is -0.191. The summed E-state index contributed by atoms with van der Waals surface area (Å²) in [7, 11) is 0. The lowest BCUT2D eigenvalue weighted by Crippen LogP contribution is -2.42. The van der Waals surface area contributed by atoms with Gasteiger partial charge in [0, 0.05) is 5.54 Å². The predicted molar refractivity (Wildman–Crippen MR) is 52.2 cm³/mol. The van der Waals surface area contributed by atoms with Gasteiger partial charge in [-0.05, 0) is 20.8 Å². The molecular formula is C9H12N4O2. The Balaban J connectivity index is 2.64. The summed E-state index contributed by atoms with van der Waals surface area (Å²) in [4.78, 5) is 11.3. The number of nitrogens with one attached hydrogen (secondary N) is 2. The van der Waals surface area contributed by atoms with Crippen LogP contribution in [-0.2, 0) is 0 Å². The number of nitriles is 1. The zero-order valence-corrected chi connectivity index (χ0v) is 8.79. The number of amides is 1. The smallest absolute Gasteiger partial charge is 0.390 e. The lowest BCUT2D eigenvalue weighted by molar-refractivity contribution is 0.188. The molecule has 0 unspecified atom stereocenters. The van der Waals surface area contributed by atoms with Gasteiger partial charge in [0.25, 0.3) is 0 Å². The SMILES string of the molecule is CC(C)(C)NC(=O)Oc1[nH]ncc1C#N. The molecule has 0 aliphatic carbocycles. The molecule has 1 aromatic heterocycles. The number of carbonyl (C=O) groups excluding carboxylic acids is 1. The molecule has 0 bridgehead atoms. The van der Waals surface area contributed by atoms with Crippen LogP contribution in [0.25, 0.3) is 0 Å². The molecule has 6 nitrogen and oxygen atoms in total. The zero-order chi connectivity index (χ0) is 11.5. The maximum atomic E-state index is 11.3. The van der Waals surface area contributed by atoms with Gasteiger partial charge in [0.1, 0.15) is 11.6 Å². The molecule has 0 fully saturated rings. The van der Waals surface area contributed by atoms with E-state index >= 15 is 0 Å². The highest BCUT2D eigenvalue weighted by atomic mass is 16.6. The second-order valence-corrected chi connectivity index (χ2v) is 3.99. The van der Waals surface area contributed by atoms with Crippen molar-refractivity contribution >= 4 is 6.09 Å². The molecule has 1 heterocycles. The highest BCUT2D eigenvalue weighted by Gasteiger charge is 2.17. The number of hydrogen-bond donors (Lipinski definition) is 2. The van der Waals surface area contributed by atoms with Crippen LogP contribution in [0.15, 0.2) is 6.20 Å². The Morgan fingerprint density at radius 3 is 2.87 bits per heavy atom. The zero-order valence-electron chi connectivity index (χ0n) is 8.79. The molecule has 0 radical (unpaired) electrons. The summed E-state index contributed by atoms with van der Waals surface area (Å²) in [5, 5.41) is 17.2. The van der Waals surface area contributed by atoms with E-state index in [0.29, 0.717) is 0 Å². The van der Waals surface area contributed by atoms with E-state index in [1.54, 1.807) is 0 Å². The Hall–Kier alpha value is -2.03. The molecule has 15 heavy (non-hydrogen) atoms. The normalized spacial score (nSPS) is 10.5. The minimum absolute atomic E-state index is 0.0549. The number of H-pyrrole nitrogens is 1. The molecule has 0 spiro atoms. The van der Waals surface area contributed by atoms with Crippen LogP contribution in [0.1, 0.15) is 26.3 Å². The number of nitrogens with zero attached hydrogens (tertiary/aromatic N) is 2. The average Bonchev–Trinajstić information content (AvgIpc) is 2.48. The van der Waals surface area contributed by atoms with Gasteiger partial charge in [-0.1, -0.05) is 0 Å². The third-order valence-corrected chi connectivity index (χ3v) is 1.40. The molecule has 1 rings (SSSR count). The van der Waals surface area contributed by atoms with Gasteiger partial charge in [0.2, 0.25) is 5.88 Å². The van der Waals surface area contributed by atoms with Crippen molar-refractivity contribution in [3.63, 3.8) is 0 Å². The van der Waals surface area contributed by atoms with Gasteiger partial charge in [0.05, 0.1) is 6.20 Å². The fourth-order valence-electron chi connectivity index (χ4n) is 0.856. The van der Waals surface area contributed by atoms with Crippen LogP contribution < -0.4 is 10.1 Å². The summed E-state index contributed by atoms with van der Waals surface area (Å²) < 4.78 is 4.86. The third kappa shape index (κ3) is 3.31. The van der Waals surface area contributed by atoms with Crippen LogP contribution in [-0.4, -0.2) is 21.8 Å². The third-order valence-electron chi connectivity index (χ3n) is 1.40. The number of rotatable bonds is 1. The molecule has 0 aromatic carbocycles. The summed E-state index contributed by atoms with van der Waals surface area (Å²) in [6.07, 6.45) is 0.669. The first kappa shape index (κ1) is 11.0. The average molecular weight is 208 g/mol. The van der Waals surface area contributed by atoms with E-state index in [4.69, 9.17) is 10.00 Å². The molecule has 2 N–H and O–H groups in total. The molecule has 0 saturated carbocycles. The van der Waals surface area contributed by atoms with E-state index in [2.05, 4.69) is 15.5 Å². The predicted octanol–water partition coefficient (Wildman–Crippen LogP) is 1.17. The van der Waals surface area contributed by atoms with Gasteiger partial charge in [0.15, 0.2) is 0 Å². The Morgan fingerprint density at radius 2 is 2.33 bits per heavy atom. The lowest BCUT2D eigenvalue weighted by Gasteiger charge is -2.19. The Bertz CT molecular complexity index is 397. The largest absolute Gasteiger partial charge is 0.414 e. The van der Waals surface area contributed by atoms with Gasteiger partial charge < -0.3 is 10.1 Å². The van der Waals surface area contributed by atoms with E-state index in [0.717, 1.165) is 0 Å². The molecule has 1 amide bonds. The molecule has 80 valence electrons. The van der Waals surface area contributed by atoms with Crippen LogP contribution in [0.5, 0.6) is 5.88 Å². The van der Waals surface area contributed by atoms with E-state index in [9.17, 15) is 4.79 Å². The molecule has 1 aromatic rings. The van der Waals surface area contributed by atoms with Crippen molar-refractivity contribution in [3.8, 4) is 11.9 Å². The van der Waals surface area contributed by atoms with Crippen molar-refractivity contribution in [1.82, 2.24) is 15.5 Å². The van der Waals surface area contributed by atoms with E-state index in [1.807, 2.05) is 26.8 Å². The molecular weight excluding hydrogens is 196 g/mol. The van der Waals surface area contributed by atoms with Gasteiger partial charge in [-0.15, -0.1) is 0 Å². The van der Waals surface area contributed by atoms with Crippen molar-refractivity contribution in [3.05, 3.63) is 11.8 Å². The van der Waals surface area contributed by atoms with Crippen LogP contribution in [0.2, 0.25) is 0 Å². The standard InChI is InChI=1S/C9H12N4O2/c1-9(2,3)12-8(14)15-7-6(4-10)5-11-13-7/h5H,1-3H3,(H,11,13)(H,12,14). The first-order chi connectivity index (χ1) is 6.92. The number of ether oxygens (including phenoxy) is 1. The van der Waals surface area contributed by atoms with Crippen LogP contribution >= 0.6 is 0 Å². The number of aromatic nitrogens is 2. The maximum Gasteiger partial charge on any atom is 0.414 e. The van der Waals surface area contributed by atoms with Crippen molar-refractivity contribution in [2.75, 3.05) is 0 Å². The lowest BCUT2D eigenvalue weighted by atomic mass is 10.1. The van der Waals surface area contributed by atoms with E-state index < -0.39 is 6.09 Å². The molecule has 0 saturated heterocycles. The van der Waals surface area contributed by atoms with Gasteiger partial charge >= 0.3 is 6.09 Å². The van der Waals surface area contributed by atoms with Crippen molar-refractivity contribution in [1.29, 1.82) is 5.26 Å². The Kier molecular flexibility index (Phi) is 2.95. The molecule has 0 aliphatic heterocycles. The highest BCUT2D eigenvalue weighted by Crippen LogP contribution is 2.12. The van der Waals surface area contributed by atoms with Crippen molar-refractivity contribution in [2.45, 2.75) is 26.3 Å². The first-order valence-electron chi connectivity index (χ1n) is 4.36. The number of hydrogen-bond acceptors (Lipinski definition) is 4. The second-order valence-electron chi connectivity index (χ2n) is 3.99. The van der Waals surface area contributed by atoms with Crippen LogP contribution in [0, 0.1) is 11.3 Å². The Morgan fingerprint density at radius 1 is 1.67 bits per heavy atom. The maximum absolute atomic E-state index is 11.3. The Labute approximate surface area is 87.2 Å². The quantitative estimate of drug-likeness (QED) is 0.724. The minimum Gasteiger partial charge on any atom is -0.390 e. The summed E-state index contributed by atoms with van der Waals surface area (Å²) >= 11 is 0. The summed E-state index contributed by atoms with van der Waals surface area (Å²) in [6.45, 7) is 5.48. The molecule has 6 heteroatoms. The highest BCUT2D eigenvalue weighted by molar-refractivity contribution is 5.71. The monoisotopic (exact) mass is 208 g/mol. The topological polar surface area (TPSA) is 90.8 Å². The van der Waals surface area contributed by atoms with E-state index in [1.165, 1.54) is 6.20 Å². The van der Waals surface area contributed by atoms with Gasteiger partial charge in [-0.2, -0.15) is 10.4 Å². The fourth-order valence-corrected chi connectivity index (χ4v) is 0.856. The van der Waals surface area contributed by atoms with Crippen LogP contribution in [0.3, 0.4) is 0 Å². The summed E-state index contributed by atoms with van der Waals surface area (Å²) in [5.74, 6) is 0.0549. The fraction of sp³-hybridized carbons (Fsp3) is 0.444. The van der Waals surface area contributed by atoms with Crippen LogP contribution in [0.4, 0.5) is 4.79 Å². The summed E-state index contributed by atoms with van der Waals surface area (Å²) in [6, 6.07) is 1.85. The van der Waals surface area contributed by atoms with Crippen molar-refractivity contribution in [2.24, 2.45) is 0 Å². The molecule has 0 atom stereocenters. The van der Waals surface area contributed by atoms with Gasteiger partial charge in [-0.25, -0.2) is 9.89 Å². The molecule has 0 aliphatic rings.